The zero-order valence-electron chi connectivity index (χ0n) is 14.8. The minimum atomic E-state index is -0.0462. The van der Waals surface area contributed by atoms with Gasteiger partial charge in [0.25, 0.3) is 0 Å². The number of nitrogens with zero attached hydrogens (tertiary/aromatic N) is 4. The molecule has 1 aliphatic heterocycles. The quantitative estimate of drug-likeness (QED) is 0.820. The molecule has 0 saturated carbocycles. The number of aromatic nitrogens is 3. The van der Waals surface area contributed by atoms with Gasteiger partial charge < -0.3 is 19.7 Å². The fourth-order valence-electron chi connectivity index (χ4n) is 2.78. The molecule has 2 aromatic heterocycles. The van der Waals surface area contributed by atoms with Gasteiger partial charge in [-0.2, -0.15) is 0 Å². The van der Waals surface area contributed by atoms with Crippen LogP contribution in [-0.4, -0.2) is 59.3 Å². The van der Waals surface area contributed by atoms with Crippen LogP contribution in [0.4, 0.5) is 5.82 Å². The molecule has 0 radical (unpaired) electrons. The second kappa shape index (κ2) is 8.84. The molecule has 0 aliphatic carbocycles. The number of ether oxygens (including phenoxy) is 2. The summed E-state index contributed by atoms with van der Waals surface area (Å²) in [7, 11) is 4.03. The molecule has 0 aromatic carbocycles. The van der Waals surface area contributed by atoms with Crippen molar-refractivity contribution in [2.45, 2.75) is 31.7 Å². The molecule has 0 unspecified atom stereocenters. The highest BCUT2D eigenvalue weighted by Gasteiger charge is 2.27. The number of nitrogens with one attached hydrogen (secondary N) is 1. The maximum Gasteiger partial charge on any atom is 0.145 e. The number of hydrogen-bond donors (Lipinski definition) is 1. The van der Waals surface area contributed by atoms with E-state index in [4.69, 9.17) is 9.47 Å². The van der Waals surface area contributed by atoms with E-state index in [2.05, 4.69) is 25.2 Å². The van der Waals surface area contributed by atoms with E-state index in [0.717, 1.165) is 30.2 Å². The fourth-order valence-corrected chi connectivity index (χ4v) is 2.78. The third kappa shape index (κ3) is 5.45. The number of pyridine rings is 1. The Morgan fingerprint density at radius 1 is 1.28 bits per heavy atom. The minimum Gasteiger partial charge on any atom is -0.379 e. The Hall–Kier alpha value is -2.09. The zero-order chi connectivity index (χ0) is 17.5. The normalized spacial score (nSPS) is 20.6. The predicted octanol–water partition coefficient (Wildman–Crippen LogP) is 1.72. The molecule has 1 saturated heterocycles. The largest absolute Gasteiger partial charge is 0.379 e. The first kappa shape index (κ1) is 17.7. The van der Waals surface area contributed by atoms with E-state index in [1.807, 2.05) is 32.3 Å². The molecule has 1 aliphatic rings. The van der Waals surface area contributed by atoms with Crippen LogP contribution in [0.15, 0.2) is 36.8 Å². The van der Waals surface area contributed by atoms with Gasteiger partial charge in [0.1, 0.15) is 11.9 Å². The molecular formula is C18H25N5O2. The van der Waals surface area contributed by atoms with E-state index in [1.54, 1.807) is 18.6 Å². The highest BCUT2D eigenvalue weighted by atomic mass is 16.5. The smallest absolute Gasteiger partial charge is 0.145 e. The van der Waals surface area contributed by atoms with Crippen molar-refractivity contribution in [3.8, 4) is 0 Å². The van der Waals surface area contributed by atoms with Crippen molar-refractivity contribution in [1.29, 1.82) is 0 Å². The second-order valence-corrected chi connectivity index (χ2v) is 6.42. The highest BCUT2D eigenvalue weighted by Crippen LogP contribution is 2.17. The topological polar surface area (TPSA) is 72.4 Å². The van der Waals surface area contributed by atoms with Crippen molar-refractivity contribution in [3.05, 3.63) is 48.2 Å². The van der Waals surface area contributed by atoms with E-state index in [0.29, 0.717) is 19.8 Å². The summed E-state index contributed by atoms with van der Waals surface area (Å²) in [6.45, 7) is 2.51. The van der Waals surface area contributed by atoms with E-state index in [-0.39, 0.29) is 12.1 Å². The lowest BCUT2D eigenvalue weighted by atomic mass is 10.1. The van der Waals surface area contributed by atoms with Crippen LogP contribution in [-0.2, 0) is 22.6 Å². The lowest BCUT2D eigenvalue weighted by molar-refractivity contribution is -0.0645. The molecule has 3 heterocycles. The average molecular weight is 343 g/mol. The summed E-state index contributed by atoms with van der Waals surface area (Å²) < 4.78 is 11.6. The molecular weight excluding hydrogens is 318 g/mol. The van der Waals surface area contributed by atoms with E-state index < -0.39 is 0 Å². The van der Waals surface area contributed by atoms with Gasteiger partial charge in [0, 0.05) is 25.5 Å². The molecule has 3 rings (SSSR count). The van der Waals surface area contributed by atoms with Crippen LogP contribution < -0.4 is 5.32 Å². The second-order valence-electron chi connectivity index (χ2n) is 6.42. The maximum absolute atomic E-state index is 6.04. The van der Waals surface area contributed by atoms with Crippen LogP contribution in [0, 0.1) is 0 Å². The maximum atomic E-state index is 6.04. The SMILES string of the molecule is CN(C)Cc1cncc(N[C@@H]2CCOC[C@H]2OCc2ccccn2)n1. The predicted molar refractivity (Wildman–Crippen MR) is 95.1 cm³/mol. The summed E-state index contributed by atoms with van der Waals surface area (Å²) in [5.41, 5.74) is 1.85. The van der Waals surface area contributed by atoms with Crippen LogP contribution >= 0.6 is 0 Å². The molecule has 2 aromatic rings. The Kier molecular flexibility index (Phi) is 6.27. The first-order valence-electron chi connectivity index (χ1n) is 8.52. The summed E-state index contributed by atoms with van der Waals surface area (Å²) in [4.78, 5) is 15.3. The lowest BCUT2D eigenvalue weighted by Gasteiger charge is -2.32. The van der Waals surface area contributed by atoms with E-state index in [9.17, 15) is 0 Å². The van der Waals surface area contributed by atoms with Gasteiger partial charge >= 0.3 is 0 Å². The van der Waals surface area contributed by atoms with Crippen LogP contribution in [0.2, 0.25) is 0 Å². The highest BCUT2D eigenvalue weighted by molar-refractivity contribution is 5.33. The number of hydrogen-bond acceptors (Lipinski definition) is 7. The van der Waals surface area contributed by atoms with Crippen molar-refractivity contribution in [3.63, 3.8) is 0 Å². The van der Waals surface area contributed by atoms with Crippen LogP contribution in [0.1, 0.15) is 17.8 Å². The first-order chi connectivity index (χ1) is 12.2. The summed E-state index contributed by atoms with van der Waals surface area (Å²) >= 11 is 0. The fraction of sp³-hybridized carbons (Fsp3) is 0.500. The summed E-state index contributed by atoms with van der Waals surface area (Å²) in [6, 6.07) is 5.96. The van der Waals surface area contributed by atoms with E-state index >= 15 is 0 Å². The van der Waals surface area contributed by atoms with E-state index in [1.165, 1.54) is 0 Å². The van der Waals surface area contributed by atoms with Gasteiger partial charge in [-0.05, 0) is 32.6 Å². The Labute approximate surface area is 148 Å². The number of anilines is 1. The monoisotopic (exact) mass is 343 g/mol. The molecule has 0 amide bonds. The van der Waals surface area contributed by atoms with Gasteiger partial charge in [-0.3, -0.25) is 9.97 Å². The van der Waals surface area contributed by atoms with Crippen LogP contribution in [0.5, 0.6) is 0 Å². The van der Waals surface area contributed by atoms with Crippen molar-refractivity contribution in [2.75, 3.05) is 32.6 Å². The first-order valence-corrected chi connectivity index (χ1v) is 8.52. The summed E-state index contributed by atoms with van der Waals surface area (Å²) in [5.74, 6) is 0.776. The van der Waals surface area contributed by atoms with Gasteiger partial charge in [-0.15, -0.1) is 0 Å². The third-order valence-electron chi connectivity index (χ3n) is 3.97. The third-order valence-corrected chi connectivity index (χ3v) is 3.97. The Morgan fingerprint density at radius 2 is 2.20 bits per heavy atom. The molecule has 2 atom stereocenters. The Balaban J connectivity index is 1.61. The Bertz CT molecular complexity index is 653. The molecule has 1 N–H and O–H groups in total. The van der Waals surface area contributed by atoms with Gasteiger partial charge in [-0.1, -0.05) is 6.07 Å². The summed E-state index contributed by atoms with van der Waals surface area (Å²) in [5, 5.41) is 3.46. The minimum absolute atomic E-state index is 0.0462. The van der Waals surface area contributed by atoms with Gasteiger partial charge in [0.15, 0.2) is 0 Å². The molecule has 7 nitrogen and oxygen atoms in total. The molecule has 0 bridgehead atoms. The van der Waals surface area contributed by atoms with Gasteiger partial charge in [-0.25, -0.2) is 4.98 Å². The van der Waals surface area contributed by atoms with Gasteiger partial charge in [0.2, 0.25) is 0 Å². The molecule has 7 heteroatoms. The average Bonchev–Trinajstić information content (AvgIpc) is 2.62. The lowest BCUT2D eigenvalue weighted by Crippen LogP contribution is -2.44. The molecule has 1 fully saturated rings. The van der Waals surface area contributed by atoms with Crippen molar-refractivity contribution in [1.82, 2.24) is 19.9 Å². The molecule has 134 valence electrons. The van der Waals surface area contributed by atoms with Crippen LogP contribution in [0.3, 0.4) is 0 Å². The van der Waals surface area contributed by atoms with Crippen LogP contribution in [0.25, 0.3) is 0 Å². The molecule has 0 spiro atoms. The van der Waals surface area contributed by atoms with Gasteiger partial charge in [0.05, 0.1) is 36.8 Å². The van der Waals surface area contributed by atoms with Crippen molar-refractivity contribution >= 4 is 5.82 Å². The Morgan fingerprint density at radius 3 is 3.00 bits per heavy atom. The van der Waals surface area contributed by atoms with Crippen molar-refractivity contribution < 1.29 is 9.47 Å². The zero-order valence-corrected chi connectivity index (χ0v) is 14.8. The molecule has 25 heavy (non-hydrogen) atoms. The standard InChI is InChI=1S/C18H25N5O2/c1-23(2)11-15-9-19-10-18(21-15)22-16-6-8-24-13-17(16)25-12-14-5-3-4-7-20-14/h3-5,7,9-10,16-17H,6,8,11-13H2,1-2H3,(H,21,22)/t16-,17-/m1/s1. The van der Waals surface area contributed by atoms with Crippen molar-refractivity contribution in [2.24, 2.45) is 0 Å². The summed E-state index contributed by atoms with van der Waals surface area (Å²) in [6.07, 6.45) is 6.15. The number of rotatable bonds is 7.